The molecule has 10 heteroatoms. The highest BCUT2D eigenvalue weighted by atomic mass is 32.2. The third-order valence-corrected chi connectivity index (χ3v) is 6.58. The van der Waals surface area contributed by atoms with Gasteiger partial charge in [0.05, 0.1) is 29.5 Å². The van der Waals surface area contributed by atoms with Crippen molar-refractivity contribution in [1.82, 2.24) is 4.90 Å². The fourth-order valence-electron chi connectivity index (χ4n) is 3.29. The first-order chi connectivity index (χ1) is 13.8. The molecule has 0 aromatic heterocycles. The Morgan fingerprint density at radius 1 is 1.00 bits per heavy atom. The van der Waals surface area contributed by atoms with E-state index in [1.54, 1.807) is 6.07 Å². The number of halogens is 3. The van der Waals surface area contributed by atoms with Crippen LogP contribution in [0.2, 0.25) is 0 Å². The van der Waals surface area contributed by atoms with Crippen molar-refractivity contribution >= 4 is 27.1 Å². The molecule has 2 aromatic carbocycles. The summed E-state index contributed by atoms with van der Waals surface area (Å²) in [4.78, 5) is 13.7. The molecule has 0 atom stereocenters. The second kappa shape index (κ2) is 7.20. The average molecular weight is 424 g/mol. The Morgan fingerprint density at radius 2 is 1.69 bits per heavy atom. The number of benzene rings is 2. The van der Waals surface area contributed by atoms with Gasteiger partial charge in [-0.15, -0.1) is 0 Å². The van der Waals surface area contributed by atoms with Crippen molar-refractivity contribution in [3.8, 4) is 0 Å². The molecule has 1 N–H and O–H groups in total. The fourth-order valence-corrected chi connectivity index (χ4v) is 5.01. The van der Waals surface area contributed by atoms with Gasteiger partial charge in [-0.2, -0.15) is 0 Å². The molecule has 2 heterocycles. The molecule has 1 saturated heterocycles. The van der Waals surface area contributed by atoms with Crippen LogP contribution in [0.1, 0.15) is 5.56 Å². The molecule has 2 aliphatic heterocycles. The van der Waals surface area contributed by atoms with Gasteiger partial charge in [0.15, 0.2) is 22.4 Å². The lowest BCUT2D eigenvalue weighted by atomic mass is 10.1. The highest BCUT2D eigenvalue weighted by Gasteiger charge is 2.42. The van der Waals surface area contributed by atoms with E-state index in [-0.39, 0.29) is 42.5 Å². The highest BCUT2D eigenvalue weighted by molar-refractivity contribution is 7.97. The van der Waals surface area contributed by atoms with E-state index in [1.807, 2.05) is 0 Å². The minimum Gasteiger partial charge on any atom is -0.378 e. The molecule has 1 fully saturated rings. The van der Waals surface area contributed by atoms with E-state index in [1.165, 1.54) is 23.1 Å². The minimum absolute atomic E-state index is 0.123. The largest absolute Gasteiger partial charge is 0.378 e. The summed E-state index contributed by atoms with van der Waals surface area (Å²) in [5.41, 5.74) is -0.520. The van der Waals surface area contributed by atoms with Gasteiger partial charge in [-0.3, -0.25) is 4.79 Å². The van der Waals surface area contributed by atoms with E-state index in [4.69, 9.17) is 4.74 Å². The molecule has 2 aliphatic rings. The molecule has 4 rings (SSSR count). The second-order valence-corrected chi connectivity index (χ2v) is 8.31. The van der Waals surface area contributed by atoms with Crippen molar-refractivity contribution in [1.29, 1.82) is 0 Å². The van der Waals surface area contributed by atoms with Crippen LogP contribution in [0, 0.1) is 17.5 Å². The number of nitrogens with one attached hydrogen (secondary N) is 1. The smallest absolute Gasteiger partial charge is 0.268 e. The number of hydrogen-bond acceptors (Lipinski definition) is 5. The molecule has 2 aromatic rings. The van der Waals surface area contributed by atoms with Crippen molar-refractivity contribution in [2.45, 2.75) is 4.90 Å². The van der Waals surface area contributed by atoms with Gasteiger partial charge in [-0.1, -0.05) is 18.2 Å². The summed E-state index contributed by atoms with van der Waals surface area (Å²) >= 11 is 0. The molecule has 0 spiro atoms. The third-order valence-electron chi connectivity index (χ3n) is 4.73. The summed E-state index contributed by atoms with van der Waals surface area (Å²) < 4.78 is 72.4. The number of rotatable bonds is 3. The average Bonchev–Trinajstić information content (AvgIpc) is 2.95. The third kappa shape index (κ3) is 3.18. The molecule has 0 saturated carbocycles. The maximum Gasteiger partial charge on any atom is 0.268 e. The number of anilines is 1. The van der Waals surface area contributed by atoms with Crippen LogP contribution in [-0.4, -0.2) is 45.5 Å². The van der Waals surface area contributed by atoms with Crippen molar-refractivity contribution in [2.75, 3.05) is 31.6 Å². The monoisotopic (exact) mass is 424 g/mol. The SMILES string of the molecule is O=C(C1=C(Nc2ccc(F)c(F)c2F)c2ccccc2S1(=O)=O)N1CCOCC1. The predicted molar refractivity (Wildman–Crippen MR) is 97.9 cm³/mol. The first kappa shape index (κ1) is 19.5. The number of carbonyl (C=O) groups excluding carboxylic acids is 1. The number of amides is 1. The van der Waals surface area contributed by atoms with Gasteiger partial charge in [-0.05, 0) is 18.2 Å². The summed E-state index contributed by atoms with van der Waals surface area (Å²) in [5.74, 6) is -5.37. The maximum atomic E-state index is 14.2. The minimum atomic E-state index is -4.20. The number of carbonyl (C=O) groups is 1. The van der Waals surface area contributed by atoms with E-state index in [0.29, 0.717) is 6.07 Å². The fraction of sp³-hybridized carbons (Fsp3) is 0.211. The maximum absolute atomic E-state index is 14.2. The molecule has 1 amide bonds. The highest BCUT2D eigenvalue weighted by Crippen LogP contribution is 2.40. The van der Waals surface area contributed by atoms with E-state index >= 15 is 0 Å². The lowest BCUT2D eigenvalue weighted by Gasteiger charge is -2.27. The van der Waals surface area contributed by atoms with E-state index < -0.39 is 43.8 Å². The van der Waals surface area contributed by atoms with Gasteiger partial charge in [0.2, 0.25) is 9.84 Å². The number of hydrogen-bond donors (Lipinski definition) is 1. The Kier molecular flexibility index (Phi) is 4.83. The molecule has 0 radical (unpaired) electrons. The van der Waals surface area contributed by atoms with Crippen LogP contribution in [0.3, 0.4) is 0 Å². The Hall–Kier alpha value is -2.85. The number of sulfone groups is 1. The molecule has 0 aliphatic carbocycles. The number of fused-ring (bicyclic) bond motifs is 1. The molecule has 152 valence electrons. The number of morpholine rings is 1. The first-order valence-electron chi connectivity index (χ1n) is 8.68. The molecular formula is C19H15F3N2O4S. The summed E-state index contributed by atoms with van der Waals surface area (Å²) in [7, 11) is -4.20. The van der Waals surface area contributed by atoms with Crippen LogP contribution >= 0.6 is 0 Å². The summed E-state index contributed by atoms with van der Waals surface area (Å²) in [6, 6.07) is 7.47. The molecule has 29 heavy (non-hydrogen) atoms. The van der Waals surface area contributed by atoms with E-state index in [0.717, 1.165) is 6.07 Å². The van der Waals surface area contributed by atoms with E-state index in [9.17, 15) is 26.4 Å². The van der Waals surface area contributed by atoms with Gasteiger partial charge in [0, 0.05) is 18.7 Å². The molecule has 0 bridgehead atoms. The number of nitrogens with zero attached hydrogens (tertiary/aromatic N) is 1. The lowest BCUT2D eigenvalue weighted by Crippen LogP contribution is -2.42. The summed E-state index contributed by atoms with van der Waals surface area (Å²) in [6.07, 6.45) is 0. The van der Waals surface area contributed by atoms with Crippen LogP contribution < -0.4 is 5.32 Å². The lowest BCUT2D eigenvalue weighted by molar-refractivity contribution is -0.130. The zero-order valence-electron chi connectivity index (χ0n) is 14.9. The Balaban J connectivity index is 1.87. The van der Waals surface area contributed by atoms with Gasteiger partial charge >= 0.3 is 0 Å². The van der Waals surface area contributed by atoms with Crippen LogP contribution in [-0.2, 0) is 19.4 Å². The molecular weight excluding hydrogens is 409 g/mol. The number of ether oxygens (including phenoxy) is 1. The predicted octanol–water partition coefficient (Wildman–Crippen LogP) is 2.53. The quantitative estimate of drug-likeness (QED) is 0.767. The van der Waals surface area contributed by atoms with Crippen LogP contribution in [0.25, 0.3) is 5.70 Å². The van der Waals surface area contributed by atoms with Crippen LogP contribution in [0.5, 0.6) is 0 Å². The standard InChI is InChI=1S/C19H15F3N2O4S/c20-12-5-6-13(16(22)15(12)21)23-17-11-3-1-2-4-14(11)29(26,27)18(17)19(25)24-7-9-28-10-8-24/h1-6,23H,7-10H2. The van der Waals surface area contributed by atoms with Gasteiger partial charge in [-0.25, -0.2) is 21.6 Å². The zero-order chi connectivity index (χ0) is 20.8. The normalized spacial score (nSPS) is 18.0. The van der Waals surface area contributed by atoms with Crippen LogP contribution in [0.4, 0.5) is 18.9 Å². The van der Waals surface area contributed by atoms with Gasteiger partial charge in [0.1, 0.15) is 0 Å². The second-order valence-electron chi connectivity index (χ2n) is 6.46. The Bertz CT molecular complexity index is 1140. The van der Waals surface area contributed by atoms with Crippen molar-refractivity contribution in [2.24, 2.45) is 0 Å². The Morgan fingerprint density at radius 3 is 2.41 bits per heavy atom. The van der Waals surface area contributed by atoms with Crippen molar-refractivity contribution < 1.29 is 31.1 Å². The Labute approximate surface area is 164 Å². The molecule has 6 nitrogen and oxygen atoms in total. The van der Waals surface area contributed by atoms with Crippen LogP contribution in [0.15, 0.2) is 46.2 Å². The summed E-state index contributed by atoms with van der Waals surface area (Å²) in [6.45, 7) is 0.904. The van der Waals surface area contributed by atoms with Crippen molar-refractivity contribution in [3.63, 3.8) is 0 Å². The van der Waals surface area contributed by atoms with E-state index in [2.05, 4.69) is 5.32 Å². The van der Waals surface area contributed by atoms with Gasteiger partial charge < -0.3 is 15.0 Å². The zero-order valence-corrected chi connectivity index (χ0v) is 15.7. The first-order valence-corrected chi connectivity index (χ1v) is 10.2. The summed E-state index contributed by atoms with van der Waals surface area (Å²) in [5, 5.41) is 2.50. The van der Waals surface area contributed by atoms with Crippen molar-refractivity contribution in [3.05, 3.63) is 64.3 Å². The molecule has 0 unspecified atom stereocenters. The topological polar surface area (TPSA) is 75.7 Å². The van der Waals surface area contributed by atoms with Gasteiger partial charge in [0.25, 0.3) is 5.91 Å².